The summed E-state index contributed by atoms with van der Waals surface area (Å²) in [5, 5.41) is 0.498. The Morgan fingerprint density at radius 2 is 2.11 bits per heavy atom. The second-order valence-corrected chi connectivity index (χ2v) is 5.94. The molecule has 2 nitrogen and oxygen atoms in total. The summed E-state index contributed by atoms with van der Waals surface area (Å²) in [6.45, 7) is 7.09. The number of carbonyl (C=O) groups is 1. The van der Waals surface area contributed by atoms with E-state index in [9.17, 15) is 4.79 Å². The Labute approximate surface area is 129 Å². The lowest BCUT2D eigenvalue weighted by Gasteiger charge is -2.29. The van der Waals surface area contributed by atoms with Gasteiger partial charge in [0.15, 0.2) is 0 Å². The first-order valence-electron chi connectivity index (χ1n) is 6.77. The zero-order valence-corrected chi connectivity index (χ0v) is 14.1. The maximum Gasteiger partial charge on any atom is 0.255 e. The summed E-state index contributed by atoms with van der Waals surface area (Å²) in [5.41, 5.74) is 0.576. The van der Waals surface area contributed by atoms with Gasteiger partial charge in [-0.15, -0.1) is 0 Å². The molecule has 1 amide bonds. The van der Waals surface area contributed by atoms with Gasteiger partial charge in [0, 0.05) is 17.1 Å². The number of halogens is 2. The smallest absolute Gasteiger partial charge is 0.255 e. The van der Waals surface area contributed by atoms with Gasteiger partial charge in [-0.05, 0) is 47.8 Å². The number of hydrogen-bond donors (Lipinski definition) is 0. The molecule has 0 N–H and O–H groups in total. The standard InChI is InChI=1S/C15H21BrClNO/c1-4-6-10-18(11(3)5-2)15(19)12-8-7-9-13(16)14(12)17/h7-9,11H,4-6,10H2,1-3H3. The Morgan fingerprint density at radius 3 is 2.68 bits per heavy atom. The van der Waals surface area contributed by atoms with Crippen LogP contribution in [-0.4, -0.2) is 23.4 Å². The lowest BCUT2D eigenvalue weighted by atomic mass is 10.1. The number of benzene rings is 1. The van der Waals surface area contributed by atoms with Crippen LogP contribution in [0.15, 0.2) is 22.7 Å². The Bertz CT molecular complexity index is 436. The first kappa shape index (κ1) is 16.5. The summed E-state index contributed by atoms with van der Waals surface area (Å²) in [6, 6.07) is 5.71. The second-order valence-electron chi connectivity index (χ2n) is 4.71. The van der Waals surface area contributed by atoms with Crippen LogP contribution in [0.5, 0.6) is 0 Å². The topological polar surface area (TPSA) is 20.3 Å². The van der Waals surface area contributed by atoms with Gasteiger partial charge in [-0.2, -0.15) is 0 Å². The van der Waals surface area contributed by atoms with Crippen LogP contribution >= 0.6 is 27.5 Å². The quantitative estimate of drug-likeness (QED) is 0.698. The number of nitrogens with zero attached hydrogens (tertiary/aromatic N) is 1. The van der Waals surface area contributed by atoms with E-state index in [1.165, 1.54) is 0 Å². The minimum Gasteiger partial charge on any atom is -0.336 e. The SMILES string of the molecule is CCCCN(C(=O)c1cccc(Br)c1Cl)C(C)CC. The molecule has 0 radical (unpaired) electrons. The van der Waals surface area contributed by atoms with Gasteiger partial charge in [0.2, 0.25) is 0 Å². The van der Waals surface area contributed by atoms with E-state index in [0.717, 1.165) is 30.3 Å². The zero-order chi connectivity index (χ0) is 14.4. The normalized spacial score (nSPS) is 12.3. The predicted octanol–water partition coefficient (Wildman–Crippen LogP) is 5.14. The number of amides is 1. The number of rotatable bonds is 6. The Morgan fingerprint density at radius 1 is 1.42 bits per heavy atom. The highest BCUT2D eigenvalue weighted by Crippen LogP contribution is 2.27. The molecule has 106 valence electrons. The van der Waals surface area contributed by atoms with Crippen LogP contribution < -0.4 is 0 Å². The van der Waals surface area contributed by atoms with Crippen molar-refractivity contribution in [1.82, 2.24) is 4.90 Å². The molecule has 0 aliphatic heterocycles. The average Bonchev–Trinajstić information content (AvgIpc) is 2.41. The number of carbonyl (C=O) groups excluding carboxylic acids is 1. The average molecular weight is 347 g/mol. The third-order valence-corrected chi connectivity index (χ3v) is 4.61. The van der Waals surface area contributed by atoms with Crippen LogP contribution in [0.3, 0.4) is 0 Å². The van der Waals surface area contributed by atoms with Crippen molar-refractivity contribution in [3.8, 4) is 0 Å². The van der Waals surface area contributed by atoms with Crippen molar-refractivity contribution >= 4 is 33.4 Å². The summed E-state index contributed by atoms with van der Waals surface area (Å²) in [7, 11) is 0. The van der Waals surface area contributed by atoms with Crippen molar-refractivity contribution in [3.63, 3.8) is 0 Å². The molecule has 19 heavy (non-hydrogen) atoms. The monoisotopic (exact) mass is 345 g/mol. The molecular weight excluding hydrogens is 326 g/mol. The summed E-state index contributed by atoms with van der Waals surface area (Å²) < 4.78 is 0.764. The first-order valence-corrected chi connectivity index (χ1v) is 7.94. The minimum atomic E-state index is 0.0223. The molecule has 0 aromatic heterocycles. The molecule has 1 rings (SSSR count). The highest BCUT2D eigenvalue weighted by molar-refractivity contribution is 9.10. The van der Waals surface area contributed by atoms with Crippen LogP contribution in [0.4, 0.5) is 0 Å². The fourth-order valence-corrected chi connectivity index (χ4v) is 2.47. The fraction of sp³-hybridized carbons (Fsp3) is 0.533. The molecule has 1 aromatic rings. The van der Waals surface area contributed by atoms with Gasteiger partial charge in [-0.3, -0.25) is 4.79 Å². The van der Waals surface area contributed by atoms with Gasteiger partial charge in [0.05, 0.1) is 10.6 Å². The lowest BCUT2D eigenvalue weighted by Crippen LogP contribution is -2.39. The van der Waals surface area contributed by atoms with Gasteiger partial charge in [-0.1, -0.05) is 37.9 Å². The zero-order valence-electron chi connectivity index (χ0n) is 11.7. The van der Waals surface area contributed by atoms with E-state index in [4.69, 9.17) is 11.6 Å². The van der Waals surface area contributed by atoms with Crippen molar-refractivity contribution in [2.24, 2.45) is 0 Å². The number of hydrogen-bond acceptors (Lipinski definition) is 1. The minimum absolute atomic E-state index is 0.0223. The second kappa shape index (κ2) is 7.91. The summed E-state index contributed by atoms with van der Waals surface area (Å²) >= 11 is 9.59. The Hall–Kier alpha value is -0.540. The van der Waals surface area contributed by atoms with Crippen molar-refractivity contribution < 1.29 is 4.79 Å². The highest BCUT2D eigenvalue weighted by atomic mass is 79.9. The molecular formula is C15H21BrClNO. The third kappa shape index (κ3) is 4.22. The molecule has 0 aliphatic rings. The van der Waals surface area contributed by atoms with Gasteiger partial charge in [0.1, 0.15) is 0 Å². The molecule has 0 fully saturated rings. The van der Waals surface area contributed by atoms with Gasteiger partial charge in [0.25, 0.3) is 5.91 Å². The molecule has 4 heteroatoms. The molecule has 0 saturated heterocycles. The summed E-state index contributed by atoms with van der Waals surface area (Å²) in [4.78, 5) is 14.6. The lowest BCUT2D eigenvalue weighted by molar-refractivity contribution is 0.0685. The van der Waals surface area contributed by atoms with E-state index in [0.29, 0.717) is 10.6 Å². The Kier molecular flexibility index (Phi) is 6.87. The van der Waals surface area contributed by atoms with Crippen LogP contribution in [0.2, 0.25) is 5.02 Å². The third-order valence-electron chi connectivity index (χ3n) is 3.32. The molecule has 1 atom stereocenters. The molecule has 0 heterocycles. The van der Waals surface area contributed by atoms with E-state index in [1.807, 2.05) is 17.0 Å². The van der Waals surface area contributed by atoms with Crippen molar-refractivity contribution in [1.29, 1.82) is 0 Å². The Balaban J connectivity index is 3.01. The van der Waals surface area contributed by atoms with Gasteiger partial charge in [-0.25, -0.2) is 0 Å². The van der Waals surface area contributed by atoms with Crippen molar-refractivity contribution in [3.05, 3.63) is 33.3 Å². The predicted molar refractivity (Wildman–Crippen MR) is 84.8 cm³/mol. The van der Waals surface area contributed by atoms with Crippen LogP contribution in [0.1, 0.15) is 50.4 Å². The maximum absolute atomic E-state index is 12.6. The van der Waals surface area contributed by atoms with Crippen molar-refractivity contribution in [2.45, 2.75) is 46.1 Å². The van der Waals surface area contributed by atoms with Crippen molar-refractivity contribution in [2.75, 3.05) is 6.54 Å². The van der Waals surface area contributed by atoms with Gasteiger partial charge < -0.3 is 4.90 Å². The summed E-state index contributed by atoms with van der Waals surface area (Å²) in [6.07, 6.45) is 3.04. The van der Waals surface area contributed by atoms with E-state index >= 15 is 0 Å². The fourth-order valence-electron chi connectivity index (χ4n) is 1.89. The van der Waals surface area contributed by atoms with E-state index in [1.54, 1.807) is 6.07 Å². The highest BCUT2D eigenvalue weighted by Gasteiger charge is 2.22. The van der Waals surface area contributed by atoms with E-state index in [-0.39, 0.29) is 11.9 Å². The maximum atomic E-state index is 12.6. The van der Waals surface area contributed by atoms with E-state index < -0.39 is 0 Å². The molecule has 0 saturated carbocycles. The molecule has 0 bridgehead atoms. The van der Waals surface area contributed by atoms with Crippen LogP contribution in [-0.2, 0) is 0 Å². The van der Waals surface area contributed by atoms with E-state index in [2.05, 4.69) is 36.7 Å². The number of unbranched alkanes of at least 4 members (excludes halogenated alkanes) is 1. The largest absolute Gasteiger partial charge is 0.336 e. The molecule has 1 aromatic carbocycles. The van der Waals surface area contributed by atoms with Crippen LogP contribution in [0.25, 0.3) is 0 Å². The molecule has 1 unspecified atom stereocenters. The first-order chi connectivity index (χ1) is 9.02. The van der Waals surface area contributed by atoms with Gasteiger partial charge >= 0.3 is 0 Å². The molecule has 0 aliphatic carbocycles. The molecule has 0 spiro atoms. The summed E-state index contributed by atoms with van der Waals surface area (Å²) in [5.74, 6) is 0.0223. The van der Waals surface area contributed by atoms with Crippen LogP contribution in [0, 0.1) is 0 Å².